The fourth-order valence-electron chi connectivity index (χ4n) is 2.66. The van der Waals surface area contributed by atoms with Crippen LogP contribution in [0.5, 0.6) is 0 Å². The van der Waals surface area contributed by atoms with Gasteiger partial charge in [-0.25, -0.2) is 9.37 Å². The molecule has 2 aromatic rings. The molecule has 2 unspecified atom stereocenters. The van der Waals surface area contributed by atoms with Gasteiger partial charge in [0.1, 0.15) is 5.82 Å². The van der Waals surface area contributed by atoms with Crippen molar-refractivity contribution in [3.05, 3.63) is 51.7 Å². The predicted molar refractivity (Wildman–Crippen MR) is 80.6 cm³/mol. The van der Waals surface area contributed by atoms with Crippen molar-refractivity contribution in [1.82, 2.24) is 9.88 Å². The van der Waals surface area contributed by atoms with Crippen LogP contribution < -0.4 is 0 Å². The van der Waals surface area contributed by atoms with Crippen LogP contribution in [0.15, 0.2) is 29.6 Å². The van der Waals surface area contributed by atoms with E-state index in [1.54, 1.807) is 29.4 Å². The Kier molecular flexibility index (Phi) is 3.76. The summed E-state index contributed by atoms with van der Waals surface area (Å²) in [4.78, 5) is 18.5. The van der Waals surface area contributed by atoms with Crippen LogP contribution in [-0.2, 0) is 11.3 Å². The van der Waals surface area contributed by atoms with E-state index in [4.69, 9.17) is 0 Å². The normalized spacial score (nSPS) is 20.3. The highest BCUT2D eigenvalue weighted by Crippen LogP contribution is 2.48. The number of nitrogens with zero attached hydrogens (tertiary/aromatic N) is 2. The van der Waals surface area contributed by atoms with Crippen molar-refractivity contribution in [3.8, 4) is 0 Å². The van der Waals surface area contributed by atoms with Crippen LogP contribution in [0.2, 0.25) is 0 Å². The van der Waals surface area contributed by atoms with E-state index in [9.17, 15) is 9.18 Å². The van der Waals surface area contributed by atoms with E-state index >= 15 is 0 Å². The number of hydrogen-bond donors (Lipinski definition) is 0. The van der Waals surface area contributed by atoms with Crippen molar-refractivity contribution in [2.75, 3.05) is 7.05 Å². The molecule has 0 aliphatic heterocycles. The number of carbonyl (C=O) groups is 1. The lowest BCUT2D eigenvalue weighted by Crippen LogP contribution is -2.28. The Labute approximate surface area is 127 Å². The lowest BCUT2D eigenvalue weighted by molar-refractivity contribution is -0.131. The van der Waals surface area contributed by atoms with Gasteiger partial charge in [0.2, 0.25) is 5.91 Å². The van der Waals surface area contributed by atoms with Gasteiger partial charge >= 0.3 is 0 Å². The molecule has 1 saturated carbocycles. The molecule has 21 heavy (non-hydrogen) atoms. The van der Waals surface area contributed by atoms with E-state index in [1.165, 1.54) is 12.1 Å². The molecule has 3 rings (SSSR count). The summed E-state index contributed by atoms with van der Waals surface area (Å²) in [5.41, 5.74) is 1.85. The Morgan fingerprint density at radius 3 is 3.00 bits per heavy atom. The van der Waals surface area contributed by atoms with E-state index in [0.717, 1.165) is 22.7 Å². The van der Waals surface area contributed by atoms with Crippen molar-refractivity contribution in [2.45, 2.75) is 25.8 Å². The topological polar surface area (TPSA) is 33.2 Å². The second-order valence-electron chi connectivity index (χ2n) is 5.56. The number of thiazole rings is 1. The van der Waals surface area contributed by atoms with Gasteiger partial charge in [-0.3, -0.25) is 4.79 Å². The fourth-order valence-corrected chi connectivity index (χ4v) is 3.26. The average molecular weight is 304 g/mol. The van der Waals surface area contributed by atoms with Gasteiger partial charge in [0.25, 0.3) is 0 Å². The van der Waals surface area contributed by atoms with Crippen LogP contribution in [0.1, 0.15) is 28.6 Å². The Bertz CT molecular complexity index is 670. The molecule has 0 bridgehead atoms. The van der Waals surface area contributed by atoms with Gasteiger partial charge in [-0.1, -0.05) is 12.1 Å². The number of carbonyl (C=O) groups excluding carboxylic acids is 1. The smallest absolute Gasteiger partial charge is 0.226 e. The van der Waals surface area contributed by atoms with E-state index < -0.39 is 0 Å². The lowest BCUT2D eigenvalue weighted by atomic mass is 10.1. The second kappa shape index (κ2) is 5.56. The van der Waals surface area contributed by atoms with Gasteiger partial charge < -0.3 is 4.90 Å². The zero-order valence-electron chi connectivity index (χ0n) is 12.0. The maximum Gasteiger partial charge on any atom is 0.226 e. The number of benzene rings is 1. The van der Waals surface area contributed by atoms with Crippen LogP contribution in [0.25, 0.3) is 0 Å². The quantitative estimate of drug-likeness (QED) is 0.868. The summed E-state index contributed by atoms with van der Waals surface area (Å²) in [7, 11) is 1.80. The molecule has 110 valence electrons. The Morgan fingerprint density at radius 2 is 2.33 bits per heavy atom. The van der Waals surface area contributed by atoms with Crippen molar-refractivity contribution in [3.63, 3.8) is 0 Å². The van der Waals surface area contributed by atoms with E-state index in [2.05, 4.69) is 4.98 Å². The van der Waals surface area contributed by atoms with Gasteiger partial charge in [0.05, 0.1) is 17.2 Å². The lowest BCUT2D eigenvalue weighted by Gasteiger charge is -2.16. The first-order valence-electron chi connectivity index (χ1n) is 6.96. The zero-order valence-corrected chi connectivity index (χ0v) is 12.9. The molecule has 1 amide bonds. The third-order valence-electron chi connectivity index (χ3n) is 3.83. The molecule has 0 spiro atoms. The first-order chi connectivity index (χ1) is 10.0. The van der Waals surface area contributed by atoms with Crippen molar-refractivity contribution < 1.29 is 9.18 Å². The molecular formula is C16H17FN2OS. The number of rotatable bonds is 4. The highest BCUT2D eigenvalue weighted by Gasteiger charge is 2.45. The number of aryl methyl sites for hydroxylation is 1. The molecule has 0 saturated heterocycles. The third kappa shape index (κ3) is 3.13. The summed E-state index contributed by atoms with van der Waals surface area (Å²) in [6.45, 7) is 2.49. The monoisotopic (exact) mass is 304 g/mol. The van der Waals surface area contributed by atoms with Crippen LogP contribution in [0, 0.1) is 18.7 Å². The highest BCUT2D eigenvalue weighted by atomic mass is 32.1. The molecule has 1 fully saturated rings. The molecule has 5 heteroatoms. The van der Waals surface area contributed by atoms with E-state index in [1.807, 2.05) is 18.4 Å². The second-order valence-corrected chi connectivity index (χ2v) is 6.62. The SMILES string of the molecule is Cc1nc(CN(C)C(=O)C2CC2c2cccc(F)c2)cs1. The largest absolute Gasteiger partial charge is 0.340 e. The Balaban J connectivity index is 1.62. The van der Waals surface area contributed by atoms with Crippen LogP contribution in [0.3, 0.4) is 0 Å². The van der Waals surface area contributed by atoms with Gasteiger partial charge in [0, 0.05) is 18.3 Å². The van der Waals surface area contributed by atoms with Gasteiger partial charge in [-0.2, -0.15) is 0 Å². The first-order valence-corrected chi connectivity index (χ1v) is 7.84. The third-order valence-corrected chi connectivity index (χ3v) is 4.65. The molecular weight excluding hydrogens is 287 g/mol. The number of halogens is 1. The molecule has 1 aliphatic rings. The fraction of sp³-hybridized carbons (Fsp3) is 0.375. The molecule has 3 nitrogen and oxygen atoms in total. The van der Waals surface area contributed by atoms with Crippen LogP contribution in [-0.4, -0.2) is 22.8 Å². The number of aromatic nitrogens is 1. The molecule has 1 aromatic heterocycles. The van der Waals surface area contributed by atoms with Gasteiger partial charge in [-0.15, -0.1) is 11.3 Å². The van der Waals surface area contributed by atoms with Crippen LogP contribution in [0.4, 0.5) is 4.39 Å². The Morgan fingerprint density at radius 1 is 1.52 bits per heavy atom. The first kappa shape index (κ1) is 14.2. The van der Waals surface area contributed by atoms with Crippen molar-refractivity contribution in [1.29, 1.82) is 0 Å². The summed E-state index contributed by atoms with van der Waals surface area (Å²) < 4.78 is 13.2. The molecule has 2 atom stereocenters. The highest BCUT2D eigenvalue weighted by molar-refractivity contribution is 7.09. The molecule has 0 radical (unpaired) electrons. The minimum atomic E-state index is -0.239. The van der Waals surface area contributed by atoms with Gasteiger partial charge in [-0.05, 0) is 37.0 Å². The number of hydrogen-bond acceptors (Lipinski definition) is 3. The van der Waals surface area contributed by atoms with Gasteiger partial charge in [0.15, 0.2) is 0 Å². The van der Waals surface area contributed by atoms with Crippen molar-refractivity contribution >= 4 is 17.2 Å². The standard InChI is InChI=1S/C16H17FN2OS/c1-10-18-13(9-21-10)8-19(2)16(20)15-7-14(15)11-4-3-5-12(17)6-11/h3-6,9,14-15H,7-8H2,1-2H3. The molecule has 1 aliphatic carbocycles. The van der Waals surface area contributed by atoms with Crippen molar-refractivity contribution in [2.24, 2.45) is 5.92 Å². The molecule has 0 N–H and O–H groups in total. The number of amides is 1. The maximum absolute atomic E-state index is 13.2. The Hall–Kier alpha value is -1.75. The minimum Gasteiger partial charge on any atom is -0.340 e. The minimum absolute atomic E-state index is 0.0171. The summed E-state index contributed by atoms with van der Waals surface area (Å²) in [6, 6.07) is 6.55. The van der Waals surface area contributed by atoms with Crippen LogP contribution >= 0.6 is 11.3 Å². The van der Waals surface area contributed by atoms with E-state index in [0.29, 0.717) is 6.54 Å². The van der Waals surface area contributed by atoms with E-state index in [-0.39, 0.29) is 23.6 Å². The molecule has 1 heterocycles. The summed E-state index contributed by atoms with van der Waals surface area (Å²) in [5.74, 6) is 0.0242. The summed E-state index contributed by atoms with van der Waals surface area (Å²) in [5, 5.41) is 2.99. The summed E-state index contributed by atoms with van der Waals surface area (Å²) in [6.07, 6.45) is 0.808. The summed E-state index contributed by atoms with van der Waals surface area (Å²) >= 11 is 1.59. The maximum atomic E-state index is 13.2. The predicted octanol–water partition coefficient (Wildman–Crippen LogP) is 3.35. The zero-order chi connectivity index (χ0) is 15.0. The average Bonchev–Trinajstić information content (AvgIpc) is 3.15. The molecule has 1 aromatic carbocycles.